The molecule has 0 saturated heterocycles. The number of rotatable bonds is 9. The number of benzene rings is 3. The van der Waals surface area contributed by atoms with E-state index >= 15 is 0 Å². The van der Waals surface area contributed by atoms with Crippen LogP contribution in [0.1, 0.15) is 11.1 Å². The van der Waals surface area contributed by atoms with Gasteiger partial charge in [-0.3, -0.25) is 9.11 Å². The molecule has 0 saturated carbocycles. The third-order valence-electron chi connectivity index (χ3n) is 5.71. The first-order chi connectivity index (χ1) is 19.6. The van der Waals surface area contributed by atoms with Gasteiger partial charge in [0.15, 0.2) is 0 Å². The van der Waals surface area contributed by atoms with E-state index in [1.54, 1.807) is 26.0 Å². The number of aliphatic hydroxyl groups is 1. The van der Waals surface area contributed by atoms with E-state index in [0.29, 0.717) is 23.1 Å². The van der Waals surface area contributed by atoms with Gasteiger partial charge in [0, 0.05) is 6.54 Å². The summed E-state index contributed by atoms with van der Waals surface area (Å²) in [7, 11) is -10.2. The molecule has 0 spiro atoms. The monoisotopic (exact) mass is 638 g/mol. The molecule has 0 aliphatic heterocycles. The van der Waals surface area contributed by atoms with Crippen LogP contribution >= 0.6 is 11.6 Å². The summed E-state index contributed by atoms with van der Waals surface area (Å²) in [6, 6.07) is 6.20. The molecule has 19 heteroatoms. The molecular weight excluding hydrogens is 616 g/mol. The smallest absolute Gasteiger partial charge is 0.296 e. The summed E-state index contributed by atoms with van der Waals surface area (Å²) in [5, 5.41) is 32.8. The van der Waals surface area contributed by atoms with Gasteiger partial charge in [-0.05, 0) is 66.2 Å². The molecule has 0 unspecified atom stereocenters. The Morgan fingerprint density at radius 1 is 0.929 bits per heavy atom. The molecule has 222 valence electrons. The molecule has 3 aromatic carbocycles. The minimum Gasteiger partial charge on any atom is -0.507 e. The number of nitrogens with one attached hydrogen (secondary N) is 2. The lowest BCUT2D eigenvalue weighted by Gasteiger charge is -2.14. The van der Waals surface area contributed by atoms with Crippen molar-refractivity contribution >= 4 is 77.3 Å². The number of fused-ring (bicyclic) bond motifs is 1. The summed E-state index contributed by atoms with van der Waals surface area (Å²) in [4.78, 5) is 9.66. The Morgan fingerprint density at radius 3 is 2.24 bits per heavy atom. The summed E-state index contributed by atoms with van der Waals surface area (Å²) in [5.41, 5.74) is 6.21. The first-order valence-electron chi connectivity index (χ1n) is 11.7. The number of nitrogen functional groups attached to an aromatic ring is 1. The zero-order chi connectivity index (χ0) is 31.0. The number of hydrogen-bond donors (Lipinski definition) is 7. The molecule has 42 heavy (non-hydrogen) atoms. The zero-order valence-corrected chi connectivity index (χ0v) is 24.1. The van der Waals surface area contributed by atoms with Gasteiger partial charge in [-0.15, -0.1) is 10.2 Å². The van der Waals surface area contributed by atoms with Gasteiger partial charge < -0.3 is 26.6 Å². The minimum atomic E-state index is -5.09. The van der Waals surface area contributed by atoms with Crippen LogP contribution in [-0.2, 0) is 20.2 Å². The van der Waals surface area contributed by atoms with Crippen LogP contribution in [0.5, 0.6) is 5.75 Å². The number of nitrogens with zero attached hydrogens (tertiary/aromatic N) is 5. The maximum absolute atomic E-state index is 12.3. The van der Waals surface area contributed by atoms with Gasteiger partial charge >= 0.3 is 0 Å². The van der Waals surface area contributed by atoms with E-state index in [-0.39, 0.29) is 52.8 Å². The molecule has 0 atom stereocenters. The van der Waals surface area contributed by atoms with Crippen molar-refractivity contribution in [1.82, 2.24) is 15.0 Å². The van der Waals surface area contributed by atoms with Crippen molar-refractivity contribution in [2.75, 3.05) is 29.5 Å². The normalized spacial score (nSPS) is 12.2. The van der Waals surface area contributed by atoms with E-state index in [2.05, 4.69) is 35.8 Å². The molecule has 0 aliphatic rings. The number of aromatic hydroxyl groups is 1. The molecule has 16 nitrogen and oxygen atoms in total. The van der Waals surface area contributed by atoms with E-state index in [0.717, 1.165) is 5.56 Å². The molecule has 4 rings (SSSR count). The van der Waals surface area contributed by atoms with E-state index < -0.39 is 41.4 Å². The van der Waals surface area contributed by atoms with Crippen molar-refractivity contribution in [2.24, 2.45) is 10.2 Å². The Balaban J connectivity index is 1.92. The van der Waals surface area contributed by atoms with Crippen molar-refractivity contribution in [1.29, 1.82) is 0 Å². The second-order valence-electron chi connectivity index (χ2n) is 8.83. The fraction of sp³-hybridized carbons (Fsp3) is 0.174. The molecule has 0 aliphatic carbocycles. The van der Waals surface area contributed by atoms with Crippen LogP contribution < -0.4 is 16.4 Å². The predicted octanol–water partition coefficient (Wildman–Crippen LogP) is 3.64. The number of azo groups is 1. The standard InChI is InChI=1S/C23H23ClN8O8S2/c1-10-5-12-7-11(2)19(25)20(18(12)15(34)6-10)32-31-14-9-16(41(35,36)37)13(8-17(14)42(38,39)40)27-23-29-21(24)28-22(30-23)26-3-4-33/h5-9,33-34H,3-4,25H2,1-2H3,(H,35,36,37)(H,38,39,40)(H2,26,27,28,29,30). The number of aliphatic hydroxyl groups excluding tert-OH is 1. The second kappa shape index (κ2) is 11.6. The van der Waals surface area contributed by atoms with Gasteiger partial charge in [-0.2, -0.15) is 31.8 Å². The van der Waals surface area contributed by atoms with Gasteiger partial charge in [-0.1, -0.05) is 6.07 Å². The van der Waals surface area contributed by atoms with Crippen LogP contribution in [0.4, 0.5) is 34.6 Å². The summed E-state index contributed by atoms with van der Waals surface area (Å²) in [6.45, 7) is 3.18. The lowest BCUT2D eigenvalue weighted by atomic mass is 10.0. The molecule has 0 radical (unpaired) electrons. The van der Waals surface area contributed by atoms with Crippen molar-refractivity contribution in [3.8, 4) is 5.75 Å². The number of nitrogens with two attached hydrogens (primary N) is 1. The second-order valence-corrected chi connectivity index (χ2v) is 11.9. The van der Waals surface area contributed by atoms with Gasteiger partial charge in [-0.25, -0.2) is 0 Å². The van der Waals surface area contributed by atoms with Crippen LogP contribution in [0.15, 0.2) is 50.4 Å². The fourth-order valence-corrected chi connectivity index (χ4v) is 5.36. The largest absolute Gasteiger partial charge is 0.507 e. The van der Waals surface area contributed by atoms with E-state index in [1.807, 2.05) is 0 Å². The number of anilines is 4. The maximum atomic E-state index is 12.3. The van der Waals surface area contributed by atoms with Crippen LogP contribution in [0.3, 0.4) is 0 Å². The zero-order valence-electron chi connectivity index (χ0n) is 21.7. The minimum absolute atomic E-state index is 0.0285. The highest BCUT2D eigenvalue weighted by atomic mass is 35.5. The number of hydrogen-bond acceptors (Lipinski definition) is 14. The lowest BCUT2D eigenvalue weighted by molar-refractivity contribution is 0.311. The molecule has 8 N–H and O–H groups in total. The Kier molecular flexibility index (Phi) is 8.48. The van der Waals surface area contributed by atoms with E-state index in [4.69, 9.17) is 22.4 Å². The number of phenolic OH excluding ortho intramolecular Hbond substituents is 1. The van der Waals surface area contributed by atoms with Gasteiger partial charge in [0.1, 0.15) is 26.9 Å². The Hall–Kier alpha value is -4.20. The maximum Gasteiger partial charge on any atom is 0.296 e. The lowest BCUT2D eigenvalue weighted by Crippen LogP contribution is -2.12. The number of phenols is 1. The van der Waals surface area contributed by atoms with Gasteiger partial charge in [0.05, 0.1) is 23.4 Å². The molecule has 0 amide bonds. The van der Waals surface area contributed by atoms with Gasteiger partial charge in [0.25, 0.3) is 20.2 Å². The molecular formula is C23H23ClN8O8S2. The Labute approximate surface area is 243 Å². The Morgan fingerprint density at radius 2 is 1.60 bits per heavy atom. The third-order valence-corrected chi connectivity index (χ3v) is 7.65. The van der Waals surface area contributed by atoms with Crippen LogP contribution in [0.25, 0.3) is 10.8 Å². The van der Waals surface area contributed by atoms with Crippen LogP contribution in [0.2, 0.25) is 5.28 Å². The molecule has 1 heterocycles. The molecule has 4 aromatic rings. The molecule has 1 aromatic heterocycles. The average Bonchev–Trinajstić information content (AvgIpc) is 2.86. The number of aromatic nitrogens is 3. The number of halogens is 1. The highest BCUT2D eigenvalue weighted by molar-refractivity contribution is 7.86. The van der Waals surface area contributed by atoms with Crippen LogP contribution in [0, 0.1) is 13.8 Å². The highest BCUT2D eigenvalue weighted by Crippen LogP contribution is 2.42. The van der Waals surface area contributed by atoms with Crippen molar-refractivity contribution in [2.45, 2.75) is 23.6 Å². The van der Waals surface area contributed by atoms with Gasteiger partial charge in [0.2, 0.25) is 17.2 Å². The fourth-order valence-electron chi connectivity index (χ4n) is 3.93. The Bertz CT molecular complexity index is 1970. The van der Waals surface area contributed by atoms with Crippen LogP contribution in [-0.4, -0.2) is 64.3 Å². The third kappa shape index (κ3) is 6.64. The summed E-state index contributed by atoms with van der Waals surface area (Å²) in [6.07, 6.45) is 0. The van der Waals surface area contributed by atoms with Crippen molar-refractivity contribution in [3.63, 3.8) is 0 Å². The summed E-state index contributed by atoms with van der Waals surface area (Å²) >= 11 is 5.87. The summed E-state index contributed by atoms with van der Waals surface area (Å²) in [5.74, 6) is -0.703. The SMILES string of the molecule is Cc1cc(O)c2c(N=Nc3cc(S(=O)(=O)O)c(Nc4nc(Cl)nc(NCCO)n4)cc3S(=O)(=O)O)c(N)c(C)cc2c1. The topological polar surface area (TPSA) is 263 Å². The van der Waals surface area contributed by atoms with E-state index in [9.17, 15) is 31.0 Å². The average molecular weight is 639 g/mol. The molecule has 0 bridgehead atoms. The van der Waals surface area contributed by atoms with E-state index in [1.165, 1.54) is 6.07 Å². The summed E-state index contributed by atoms with van der Waals surface area (Å²) < 4.78 is 69.2. The molecule has 0 fully saturated rings. The highest BCUT2D eigenvalue weighted by Gasteiger charge is 2.26. The first-order valence-corrected chi connectivity index (χ1v) is 14.9. The van der Waals surface area contributed by atoms with Crippen molar-refractivity contribution in [3.05, 3.63) is 46.7 Å². The van der Waals surface area contributed by atoms with Crippen molar-refractivity contribution < 1.29 is 36.2 Å². The predicted molar refractivity (Wildman–Crippen MR) is 153 cm³/mol. The quantitative estimate of drug-likeness (QED) is 0.0784. The number of aryl methyl sites for hydroxylation is 2. The first kappa shape index (κ1) is 30.8.